The molecule has 1 fully saturated rings. The van der Waals surface area contributed by atoms with Gasteiger partial charge in [0.25, 0.3) is 5.91 Å². The lowest BCUT2D eigenvalue weighted by atomic mass is 9.96. The van der Waals surface area contributed by atoms with Gasteiger partial charge in [-0.25, -0.2) is 22.6 Å². The number of hydrogen-bond donors (Lipinski definition) is 1. The van der Waals surface area contributed by atoms with Gasteiger partial charge in [-0.3, -0.25) is 14.8 Å². The van der Waals surface area contributed by atoms with Crippen LogP contribution in [0.15, 0.2) is 42.7 Å². The Morgan fingerprint density at radius 3 is 2.62 bits per heavy atom. The van der Waals surface area contributed by atoms with Gasteiger partial charge in [0.2, 0.25) is 10.0 Å². The van der Waals surface area contributed by atoms with Gasteiger partial charge < -0.3 is 9.64 Å². The summed E-state index contributed by atoms with van der Waals surface area (Å²) in [4.78, 5) is 28.6. The first kappa shape index (κ1) is 26.1. The standard InChI is InChI=1S/C28H29N7O4S/c1-40(37,38)33-28(36)24-10-7-20(18-29-24)26-23(11-9-21-8-6-19-4-2-3-5-22(19)31-21)32-27-25(12-13-30-35(26)27)34-14-16-39-17-15-34/h6-13,18H,2-5,14-17H2,1H3,(H,33,36). The number of ether oxygens (including phenoxy) is 1. The van der Waals surface area contributed by atoms with E-state index in [9.17, 15) is 13.2 Å². The lowest BCUT2D eigenvalue weighted by Crippen LogP contribution is -2.36. The number of morpholine rings is 1. The Morgan fingerprint density at radius 2 is 1.85 bits per heavy atom. The van der Waals surface area contributed by atoms with E-state index < -0.39 is 15.9 Å². The summed E-state index contributed by atoms with van der Waals surface area (Å²) >= 11 is 0. The highest BCUT2D eigenvalue weighted by Crippen LogP contribution is 2.31. The summed E-state index contributed by atoms with van der Waals surface area (Å²) in [7, 11) is -3.71. The number of pyridine rings is 2. The van der Waals surface area contributed by atoms with Crippen molar-refractivity contribution in [1.82, 2.24) is 29.3 Å². The van der Waals surface area contributed by atoms with Gasteiger partial charge in [-0.1, -0.05) is 6.07 Å². The van der Waals surface area contributed by atoms with Crippen LogP contribution >= 0.6 is 0 Å². The third kappa shape index (κ3) is 5.45. The minimum absolute atomic E-state index is 0.0136. The third-order valence-corrected chi connectivity index (χ3v) is 7.59. The highest BCUT2D eigenvalue weighted by Gasteiger charge is 2.21. The average Bonchev–Trinajstić information content (AvgIpc) is 3.34. The zero-order chi connectivity index (χ0) is 27.7. The Hall–Kier alpha value is -4.16. The molecule has 1 amide bonds. The lowest BCUT2D eigenvalue weighted by molar-refractivity contribution is 0.0977. The third-order valence-electron chi connectivity index (χ3n) is 7.04. The predicted molar refractivity (Wildman–Crippen MR) is 151 cm³/mol. The molecule has 0 radical (unpaired) electrons. The number of aryl methyl sites for hydroxylation is 2. The van der Waals surface area contributed by atoms with Crippen molar-refractivity contribution in [1.29, 1.82) is 0 Å². The molecule has 0 unspecified atom stereocenters. The highest BCUT2D eigenvalue weighted by atomic mass is 32.2. The Balaban J connectivity index is 1.42. The number of imidazole rings is 1. The molecule has 12 heteroatoms. The van der Waals surface area contributed by atoms with Gasteiger partial charge >= 0.3 is 0 Å². The molecule has 4 aromatic heterocycles. The van der Waals surface area contributed by atoms with Crippen LogP contribution in [-0.2, 0) is 27.6 Å². The number of hydrogen-bond acceptors (Lipinski definition) is 9. The highest BCUT2D eigenvalue weighted by molar-refractivity contribution is 7.89. The van der Waals surface area contributed by atoms with Crippen LogP contribution < -0.4 is 9.62 Å². The molecule has 6 rings (SSSR count). The fourth-order valence-corrected chi connectivity index (χ4v) is 5.58. The number of rotatable bonds is 6. The van der Waals surface area contributed by atoms with Crippen molar-refractivity contribution in [3.63, 3.8) is 0 Å². The first-order valence-corrected chi connectivity index (χ1v) is 15.1. The maximum Gasteiger partial charge on any atom is 0.283 e. The first-order valence-electron chi connectivity index (χ1n) is 13.2. The molecule has 1 aliphatic carbocycles. The maximum atomic E-state index is 12.3. The number of fused-ring (bicyclic) bond motifs is 2. The fraction of sp³-hybridized carbons (Fsp3) is 0.321. The molecule has 1 aliphatic heterocycles. The van der Waals surface area contributed by atoms with Gasteiger partial charge in [0.05, 0.1) is 42.7 Å². The maximum absolute atomic E-state index is 12.3. The summed E-state index contributed by atoms with van der Waals surface area (Å²) in [6, 6.07) is 9.34. The Morgan fingerprint density at radius 1 is 1.02 bits per heavy atom. The molecule has 40 heavy (non-hydrogen) atoms. The summed E-state index contributed by atoms with van der Waals surface area (Å²) in [6.07, 6.45) is 12.5. The van der Waals surface area contributed by atoms with Crippen LogP contribution in [0.4, 0.5) is 5.69 Å². The lowest BCUT2D eigenvalue weighted by Gasteiger charge is -2.28. The van der Waals surface area contributed by atoms with E-state index in [4.69, 9.17) is 14.7 Å². The van der Waals surface area contributed by atoms with Gasteiger partial charge in [-0.05, 0) is 67.7 Å². The first-order chi connectivity index (χ1) is 19.4. The Kier molecular flexibility index (Phi) is 7.03. The van der Waals surface area contributed by atoms with E-state index in [-0.39, 0.29) is 5.69 Å². The number of carbonyl (C=O) groups excluding carboxylic acids is 1. The van der Waals surface area contributed by atoms with E-state index in [1.807, 2.05) is 29.0 Å². The largest absolute Gasteiger partial charge is 0.378 e. The van der Waals surface area contributed by atoms with Gasteiger partial charge in [-0.2, -0.15) is 5.10 Å². The van der Waals surface area contributed by atoms with Gasteiger partial charge in [0, 0.05) is 30.5 Å². The molecule has 4 aromatic rings. The van der Waals surface area contributed by atoms with Crippen LogP contribution in [0.5, 0.6) is 0 Å². The number of aromatic nitrogens is 5. The molecule has 2 aliphatic rings. The number of carbonyl (C=O) groups is 1. The van der Waals surface area contributed by atoms with Crippen molar-refractivity contribution in [2.45, 2.75) is 25.7 Å². The molecule has 0 bridgehead atoms. The predicted octanol–water partition coefficient (Wildman–Crippen LogP) is 2.76. The Bertz CT molecular complexity index is 1710. The van der Waals surface area contributed by atoms with Crippen LogP contribution in [0.3, 0.4) is 0 Å². The zero-order valence-electron chi connectivity index (χ0n) is 22.1. The summed E-state index contributed by atoms with van der Waals surface area (Å²) in [6.45, 7) is 2.77. The van der Waals surface area contributed by atoms with E-state index in [1.165, 1.54) is 24.2 Å². The molecule has 206 valence electrons. The summed E-state index contributed by atoms with van der Waals surface area (Å²) < 4.78 is 32.2. The fourth-order valence-electron chi connectivity index (χ4n) is 5.13. The van der Waals surface area contributed by atoms with Crippen molar-refractivity contribution in [3.05, 3.63) is 71.1 Å². The minimum Gasteiger partial charge on any atom is -0.378 e. The molecule has 1 N–H and O–H groups in total. The van der Waals surface area contributed by atoms with E-state index >= 15 is 0 Å². The van der Waals surface area contributed by atoms with Gasteiger partial charge in [0.1, 0.15) is 11.4 Å². The van der Waals surface area contributed by atoms with Crippen LogP contribution in [0.2, 0.25) is 0 Å². The molecule has 0 spiro atoms. The summed E-state index contributed by atoms with van der Waals surface area (Å²) in [5.74, 6) is -0.793. The van der Waals surface area contributed by atoms with E-state index in [1.54, 1.807) is 16.8 Å². The molecular weight excluding hydrogens is 530 g/mol. The van der Waals surface area contributed by atoms with Crippen LogP contribution in [-0.4, -0.2) is 71.5 Å². The minimum atomic E-state index is -3.71. The van der Waals surface area contributed by atoms with Crippen LogP contribution in [0.1, 0.15) is 46.0 Å². The monoisotopic (exact) mass is 559 g/mol. The smallest absolute Gasteiger partial charge is 0.283 e. The van der Waals surface area contributed by atoms with Crippen LogP contribution in [0, 0.1) is 0 Å². The number of nitrogens with zero attached hydrogens (tertiary/aromatic N) is 6. The van der Waals surface area contributed by atoms with Gasteiger partial charge in [-0.15, -0.1) is 0 Å². The zero-order valence-corrected chi connectivity index (χ0v) is 22.9. The molecule has 1 saturated heterocycles. The van der Waals surface area contributed by atoms with Crippen molar-refractivity contribution in [3.8, 4) is 11.3 Å². The van der Waals surface area contributed by atoms with Crippen molar-refractivity contribution < 1.29 is 17.9 Å². The summed E-state index contributed by atoms with van der Waals surface area (Å²) in [5.41, 5.74) is 7.00. The van der Waals surface area contributed by atoms with E-state index in [0.29, 0.717) is 35.8 Å². The second kappa shape index (κ2) is 10.8. The normalized spacial score (nSPS) is 15.9. The van der Waals surface area contributed by atoms with Crippen LogP contribution in [0.25, 0.3) is 29.1 Å². The number of anilines is 1. The number of sulfonamides is 1. The molecule has 5 heterocycles. The molecule has 0 aromatic carbocycles. The number of nitrogens with one attached hydrogen (secondary N) is 1. The topological polar surface area (TPSA) is 132 Å². The Labute approximate surface area is 232 Å². The van der Waals surface area contributed by atoms with Crippen molar-refractivity contribution in [2.24, 2.45) is 0 Å². The molecule has 11 nitrogen and oxygen atoms in total. The van der Waals surface area contributed by atoms with E-state index in [2.05, 4.69) is 21.0 Å². The molecule has 0 atom stereocenters. The quantitative estimate of drug-likeness (QED) is 0.379. The second-order valence-electron chi connectivity index (χ2n) is 9.91. The number of amides is 1. The average molecular weight is 560 g/mol. The summed E-state index contributed by atoms with van der Waals surface area (Å²) in [5, 5.41) is 4.61. The van der Waals surface area contributed by atoms with Crippen molar-refractivity contribution >= 4 is 39.4 Å². The van der Waals surface area contributed by atoms with E-state index in [0.717, 1.165) is 55.7 Å². The van der Waals surface area contributed by atoms with Gasteiger partial charge in [0.15, 0.2) is 5.65 Å². The molecular formula is C28H29N7O4S. The second-order valence-corrected chi connectivity index (χ2v) is 11.7. The molecule has 0 saturated carbocycles. The SMILES string of the molecule is CS(=O)(=O)NC(=O)c1ccc(-c2c(C=Cc3ccc4c(n3)CCCC4)nc3c(N4CCOCC4)ccnn23)cn1. The van der Waals surface area contributed by atoms with Crippen molar-refractivity contribution in [2.75, 3.05) is 37.5 Å².